The number of carbonyl (C=O) groups is 4. The summed E-state index contributed by atoms with van der Waals surface area (Å²) in [5.41, 5.74) is 1.67. The molecule has 38 heavy (non-hydrogen) atoms. The number of benzene rings is 1. The predicted molar refractivity (Wildman–Crippen MR) is 139 cm³/mol. The molecular formula is C28H37N3O7. The van der Waals surface area contributed by atoms with Crippen LogP contribution >= 0.6 is 0 Å². The van der Waals surface area contributed by atoms with E-state index in [1.165, 1.54) is 4.90 Å². The van der Waals surface area contributed by atoms with Crippen molar-refractivity contribution in [2.75, 3.05) is 33.0 Å². The Hall–Kier alpha value is -3.42. The molecule has 0 spiro atoms. The highest BCUT2D eigenvalue weighted by atomic mass is 16.6. The first-order chi connectivity index (χ1) is 18.2. The van der Waals surface area contributed by atoms with Crippen molar-refractivity contribution < 1.29 is 33.4 Å². The van der Waals surface area contributed by atoms with Crippen molar-refractivity contribution in [1.82, 2.24) is 15.5 Å². The molecule has 2 aliphatic rings. The minimum absolute atomic E-state index is 0.196. The summed E-state index contributed by atoms with van der Waals surface area (Å²) in [6, 6.07) is 4.82. The lowest BCUT2D eigenvalue weighted by Crippen LogP contribution is -2.52. The Balaban J connectivity index is 1.29. The minimum Gasteiger partial charge on any atom is -0.444 e. The Labute approximate surface area is 223 Å². The van der Waals surface area contributed by atoms with E-state index >= 15 is 0 Å². The van der Waals surface area contributed by atoms with Gasteiger partial charge in [0.2, 0.25) is 11.8 Å². The molecule has 10 nitrogen and oxygen atoms in total. The van der Waals surface area contributed by atoms with Gasteiger partial charge in [0, 0.05) is 43.7 Å². The van der Waals surface area contributed by atoms with E-state index in [2.05, 4.69) is 22.5 Å². The Morgan fingerprint density at radius 1 is 1.11 bits per heavy atom. The van der Waals surface area contributed by atoms with Gasteiger partial charge in [0.25, 0.3) is 5.91 Å². The molecule has 4 amide bonds. The Kier molecular flexibility index (Phi) is 10.7. The van der Waals surface area contributed by atoms with Crippen LogP contribution in [0.5, 0.6) is 0 Å². The SMILES string of the molecule is CC(C)(C)OC(=O)NCCOCCOCCCCC#Cc1cccc2c1CN(C1CCC(=O)NC1=O)C2=O. The number of hydrogen-bond donors (Lipinski definition) is 2. The van der Waals surface area contributed by atoms with Gasteiger partial charge in [-0.3, -0.25) is 19.7 Å². The first-order valence-corrected chi connectivity index (χ1v) is 13.0. The minimum atomic E-state index is -0.632. The van der Waals surface area contributed by atoms with E-state index in [1.807, 2.05) is 26.8 Å². The van der Waals surface area contributed by atoms with Gasteiger partial charge < -0.3 is 24.4 Å². The van der Waals surface area contributed by atoms with Gasteiger partial charge in [0.05, 0.1) is 19.8 Å². The van der Waals surface area contributed by atoms with E-state index in [0.717, 1.165) is 24.0 Å². The molecule has 0 aromatic heterocycles. The molecule has 3 rings (SSSR count). The van der Waals surface area contributed by atoms with Crippen LogP contribution in [-0.4, -0.2) is 73.3 Å². The average molecular weight is 528 g/mol. The van der Waals surface area contributed by atoms with Gasteiger partial charge in [0.15, 0.2) is 0 Å². The van der Waals surface area contributed by atoms with Crippen LogP contribution in [0.3, 0.4) is 0 Å². The van der Waals surface area contributed by atoms with Gasteiger partial charge >= 0.3 is 6.09 Å². The number of nitrogens with zero attached hydrogens (tertiary/aromatic N) is 1. The highest BCUT2D eigenvalue weighted by Gasteiger charge is 2.39. The van der Waals surface area contributed by atoms with E-state index in [-0.39, 0.29) is 18.2 Å². The van der Waals surface area contributed by atoms with Crippen LogP contribution in [0, 0.1) is 11.8 Å². The molecule has 1 aromatic carbocycles. The van der Waals surface area contributed by atoms with Crippen LogP contribution in [-0.2, 0) is 30.3 Å². The summed E-state index contributed by atoms with van der Waals surface area (Å²) in [5, 5.41) is 4.95. The summed E-state index contributed by atoms with van der Waals surface area (Å²) < 4.78 is 16.1. The van der Waals surface area contributed by atoms with Gasteiger partial charge in [-0.1, -0.05) is 17.9 Å². The number of carbonyl (C=O) groups excluding carboxylic acids is 4. The molecule has 0 radical (unpaired) electrons. The monoisotopic (exact) mass is 527 g/mol. The zero-order valence-electron chi connectivity index (χ0n) is 22.4. The summed E-state index contributed by atoms with van der Waals surface area (Å²) in [7, 11) is 0. The van der Waals surface area contributed by atoms with E-state index in [9.17, 15) is 19.2 Å². The number of alkyl carbamates (subject to hydrolysis) is 1. The van der Waals surface area contributed by atoms with Crippen molar-refractivity contribution >= 4 is 23.8 Å². The number of fused-ring (bicyclic) bond motifs is 1. The second kappa shape index (κ2) is 13.9. The van der Waals surface area contributed by atoms with Crippen LogP contribution < -0.4 is 10.6 Å². The highest BCUT2D eigenvalue weighted by molar-refractivity contribution is 6.05. The number of ether oxygens (including phenoxy) is 3. The molecule has 1 saturated heterocycles. The first-order valence-electron chi connectivity index (χ1n) is 13.0. The zero-order chi connectivity index (χ0) is 27.5. The van der Waals surface area contributed by atoms with Crippen LogP contribution in [0.2, 0.25) is 0 Å². The topological polar surface area (TPSA) is 123 Å². The molecule has 1 unspecified atom stereocenters. The molecule has 10 heteroatoms. The fraction of sp³-hybridized carbons (Fsp3) is 0.571. The Bertz CT molecular complexity index is 1080. The maximum Gasteiger partial charge on any atom is 0.407 e. The third-order valence-electron chi connectivity index (χ3n) is 5.93. The zero-order valence-corrected chi connectivity index (χ0v) is 22.4. The Morgan fingerprint density at radius 3 is 2.61 bits per heavy atom. The maximum absolute atomic E-state index is 12.9. The molecule has 1 fully saturated rings. The van der Waals surface area contributed by atoms with Crippen LogP contribution in [0.15, 0.2) is 18.2 Å². The summed E-state index contributed by atoms with van der Waals surface area (Å²) in [6.07, 6.45) is 2.55. The summed E-state index contributed by atoms with van der Waals surface area (Å²) in [4.78, 5) is 49.6. The average Bonchev–Trinajstić information content (AvgIpc) is 3.18. The van der Waals surface area contributed by atoms with Crippen molar-refractivity contribution in [3.05, 3.63) is 34.9 Å². The number of unbranched alkanes of at least 4 members (excludes halogenated alkanes) is 2. The van der Waals surface area contributed by atoms with Crippen molar-refractivity contribution in [3.63, 3.8) is 0 Å². The second-order valence-corrected chi connectivity index (χ2v) is 10.1. The van der Waals surface area contributed by atoms with Crippen LogP contribution in [0.25, 0.3) is 0 Å². The highest BCUT2D eigenvalue weighted by Crippen LogP contribution is 2.29. The Morgan fingerprint density at radius 2 is 1.87 bits per heavy atom. The van der Waals surface area contributed by atoms with E-state index < -0.39 is 23.6 Å². The first kappa shape index (κ1) is 29.1. The predicted octanol–water partition coefficient (Wildman–Crippen LogP) is 2.53. The second-order valence-electron chi connectivity index (χ2n) is 10.1. The number of hydrogen-bond acceptors (Lipinski definition) is 7. The molecule has 0 bridgehead atoms. The number of imide groups is 1. The number of nitrogens with one attached hydrogen (secondary N) is 2. The van der Waals surface area contributed by atoms with Gasteiger partial charge in [-0.15, -0.1) is 0 Å². The van der Waals surface area contributed by atoms with Crippen LogP contribution in [0.4, 0.5) is 4.79 Å². The summed E-state index contributed by atoms with van der Waals surface area (Å²) in [5.74, 6) is 5.44. The van der Waals surface area contributed by atoms with Gasteiger partial charge in [0.1, 0.15) is 11.6 Å². The fourth-order valence-electron chi connectivity index (χ4n) is 4.14. The van der Waals surface area contributed by atoms with Crippen molar-refractivity contribution in [2.24, 2.45) is 0 Å². The normalized spacial score (nSPS) is 17.0. The molecular weight excluding hydrogens is 490 g/mol. The van der Waals surface area contributed by atoms with Crippen molar-refractivity contribution in [3.8, 4) is 11.8 Å². The van der Waals surface area contributed by atoms with Crippen molar-refractivity contribution in [1.29, 1.82) is 0 Å². The molecule has 2 heterocycles. The van der Waals surface area contributed by atoms with Crippen molar-refractivity contribution in [2.45, 2.75) is 71.1 Å². The smallest absolute Gasteiger partial charge is 0.407 e. The van der Waals surface area contributed by atoms with Gasteiger partial charge in [-0.25, -0.2) is 4.79 Å². The summed E-state index contributed by atoms with van der Waals surface area (Å²) >= 11 is 0. The molecule has 1 atom stereocenters. The molecule has 206 valence electrons. The third-order valence-corrected chi connectivity index (χ3v) is 5.93. The standard InChI is InChI=1S/C28H37N3O7/c1-28(2,3)38-27(35)29-14-16-37-18-17-36-15-7-5-4-6-9-20-10-8-11-21-22(20)19-31(26(21)34)23-12-13-24(32)30-25(23)33/h8,10-11,23H,4-5,7,12-19H2,1-3H3,(H,29,35)(H,30,32,33). The van der Waals surface area contributed by atoms with Gasteiger partial charge in [-0.2, -0.15) is 0 Å². The number of piperidine rings is 1. The molecule has 2 aliphatic heterocycles. The van der Waals surface area contributed by atoms with Crippen LogP contribution in [0.1, 0.15) is 74.4 Å². The van der Waals surface area contributed by atoms with E-state index in [1.54, 1.807) is 12.1 Å². The largest absolute Gasteiger partial charge is 0.444 e. The maximum atomic E-state index is 12.9. The lowest BCUT2D eigenvalue weighted by Gasteiger charge is -2.29. The molecule has 0 saturated carbocycles. The molecule has 1 aromatic rings. The lowest BCUT2D eigenvalue weighted by molar-refractivity contribution is -0.136. The van der Waals surface area contributed by atoms with Gasteiger partial charge in [-0.05, 0) is 57.7 Å². The molecule has 2 N–H and O–H groups in total. The molecule has 0 aliphatic carbocycles. The van der Waals surface area contributed by atoms with E-state index in [4.69, 9.17) is 14.2 Å². The quantitative estimate of drug-likeness (QED) is 0.258. The lowest BCUT2D eigenvalue weighted by atomic mass is 10.0. The fourth-order valence-corrected chi connectivity index (χ4v) is 4.14. The summed E-state index contributed by atoms with van der Waals surface area (Å²) in [6.45, 7) is 8.05. The third kappa shape index (κ3) is 8.85. The van der Waals surface area contributed by atoms with E-state index in [0.29, 0.717) is 57.9 Å². The number of amides is 4. The number of rotatable bonds is 11.